The molecule has 1 fully saturated rings. The van der Waals surface area contributed by atoms with Crippen LogP contribution in [0.1, 0.15) is 29.3 Å². The number of aromatic nitrogens is 1. The second-order valence-electron chi connectivity index (χ2n) is 7.26. The van der Waals surface area contributed by atoms with Crippen molar-refractivity contribution in [3.63, 3.8) is 0 Å². The lowest BCUT2D eigenvalue weighted by atomic mass is 10.1. The first-order valence-corrected chi connectivity index (χ1v) is 11.0. The molecule has 3 aromatic rings. The molecule has 148 valence electrons. The van der Waals surface area contributed by atoms with Gasteiger partial charge in [-0.3, -0.25) is 9.89 Å². The molecule has 0 radical (unpaired) electrons. The number of guanidine groups is 1. The van der Waals surface area contributed by atoms with Crippen LogP contribution in [-0.4, -0.2) is 49.1 Å². The van der Waals surface area contributed by atoms with E-state index in [1.165, 1.54) is 47.3 Å². The van der Waals surface area contributed by atoms with Crippen molar-refractivity contribution < 1.29 is 0 Å². The normalized spacial score (nSPS) is 16.5. The van der Waals surface area contributed by atoms with Gasteiger partial charge in [-0.2, -0.15) is 0 Å². The summed E-state index contributed by atoms with van der Waals surface area (Å²) in [4.78, 5) is 11.8. The number of likely N-dealkylation sites (tertiary alicyclic amines) is 1. The maximum Gasteiger partial charge on any atom is 0.191 e. The van der Waals surface area contributed by atoms with E-state index in [9.17, 15) is 0 Å². The van der Waals surface area contributed by atoms with E-state index in [-0.39, 0.29) is 0 Å². The van der Waals surface area contributed by atoms with Crippen molar-refractivity contribution in [2.45, 2.75) is 25.3 Å². The zero-order chi connectivity index (χ0) is 19.2. The minimum absolute atomic E-state index is 0.426. The predicted molar refractivity (Wildman–Crippen MR) is 119 cm³/mol. The maximum absolute atomic E-state index is 4.42. The van der Waals surface area contributed by atoms with Crippen LogP contribution in [0.4, 0.5) is 0 Å². The number of nitrogens with zero attached hydrogens (tertiary/aromatic N) is 2. The minimum Gasteiger partial charge on any atom is -0.361 e. The van der Waals surface area contributed by atoms with Gasteiger partial charge in [-0.05, 0) is 55.4 Å². The number of hydrogen-bond acceptors (Lipinski definition) is 3. The number of H-pyrrole nitrogens is 1. The molecule has 1 aromatic carbocycles. The first-order chi connectivity index (χ1) is 13.8. The maximum atomic E-state index is 4.42. The second kappa shape index (κ2) is 9.26. The van der Waals surface area contributed by atoms with E-state index in [4.69, 9.17) is 0 Å². The minimum atomic E-state index is 0.426. The zero-order valence-corrected chi connectivity index (χ0v) is 17.3. The van der Waals surface area contributed by atoms with Gasteiger partial charge in [0.05, 0.1) is 6.04 Å². The summed E-state index contributed by atoms with van der Waals surface area (Å²) in [5.41, 5.74) is 2.54. The standard InChI is InChI=1S/C22H29N5S/c1-23-22(24-11-10-17-15-25-19-8-3-2-7-18(17)19)26-16-20(21-9-6-14-28-21)27-12-4-5-13-27/h2-3,6-9,14-15,20,25H,4-5,10-13,16H2,1H3,(H2,23,24,26). The van der Waals surface area contributed by atoms with Crippen molar-refractivity contribution in [3.8, 4) is 0 Å². The van der Waals surface area contributed by atoms with Gasteiger partial charge in [0, 0.05) is 42.1 Å². The zero-order valence-electron chi connectivity index (χ0n) is 16.4. The van der Waals surface area contributed by atoms with Gasteiger partial charge in [0.25, 0.3) is 0 Å². The topological polar surface area (TPSA) is 55.5 Å². The predicted octanol–water partition coefficient (Wildman–Crippen LogP) is 3.77. The van der Waals surface area contributed by atoms with E-state index >= 15 is 0 Å². The lowest BCUT2D eigenvalue weighted by Crippen LogP contribution is -2.43. The second-order valence-corrected chi connectivity index (χ2v) is 8.24. The van der Waals surface area contributed by atoms with Gasteiger partial charge < -0.3 is 15.6 Å². The van der Waals surface area contributed by atoms with E-state index in [0.717, 1.165) is 25.5 Å². The summed E-state index contributed by atoms with van der Waals surface area (Å²) < 4.78 is 0. The number of aromatic amines is 1. The summed E-state index contributed by atoms with van der Waals surface area (Å²) in [5.74, 6) is 0.876. The fourth-order valence-electron chi connectivity index (χ4n) is 4.01. The Morgan fingerprint density at radius 1 is 1.18 bits per heavy atom. The van der Waals surface area contributed by atoms with Gasteiger partial charge in [-0.15, -0.1) is 11.3 Å². The Hall–Kier alpha value is -2.31. The highest BCUT2D eigenvalue weighted by atomic mass is 32.1. The molecule has 0 spiro atoms. The fourth-order valence-corrected chi connectivity index (χ4v) is 4.87. The van der Waals surface area contributed by atoms with Gasteiger partial charge in [0.1, 0.15) is 0 Å². The number of rotatable bonds is 7. The fraction of sp³-hybridized carbons (Fsp3) is 0.409. The number of hydrogen-bond donors (Lipinski definition) is 3. The average Bonchev–Trinajstić information content (AvgIpc) is 3.49. The summed E-state index contributed by atoms with van der Waals surface area (Å²) in [6.07, 6.45) is 5.69. The molecule has 1 atom stereocenters. The van der Waals surface area contributed by atoms with Crippen LogP contribution in [0, 0.1) is 0 Å². The highest BCUT2D eigenvalue weighted by Crippen LogP contribution is 2.27. The molecular formula is C22H29N5S. The monoisotopic (exact) mass is 395 g/mol. The van der Waals surface area contributed by atoms with Crippen molar-refractivity contribution in [2.75, 3.05) is 33.2 Å². The van der Waals surface area contributed by atoms with E-state index in [0.29, 0.717) is 6.04 Å². The van der Waals surface area contributed by atoms with Gasteiger partial charge >= 0.3 is 0 Å². The van der Waals surface area contributed by atoms with Crippen molar-refractivity contribution >= 4 is 28.2 Å². The molecule has 28 heavy (non-hydrogen) atoms. The van der Waals surface area contributed by atoms with E-state index in [1.807, 2.05) is 18.4 Å². The molecule has 2 aromatic heterocycles. The highest BCUT2D eigenvalue weighted by Gasteiger charge is 2.24. The number of nitrogens with one attached hydrogen (secondary N) is 3. The van der Waals surface area contributed by atoms with Crippen molar-refractivity contribution in [1.29, 1.82) is 0 Å². The van der Waals surface area contributed by atoms with Crippen LogP contribution in [0.5, 0.6) is 0 Å². The summed E-state index contributed by atoms with van der Waals surface area (Å²) in [6.45, 7) is 4.12. The molecule has 3 N–H and O–H groups in total. The SMILES string of the molecule is CN=C(NCCc1c[nH]c2ccccc12)NCC(c1cccs1)N1CCCC1. The highest BCUT2D eigenvalue weighted by molar-refractivity contribution is 7.10. The Morgan fingerprint density at radius 2 is 2.04 bits per heavy atom. The van der Waals surface area contributed by atoms with E-state index in [1.54, 1.807) is 0 Å². The lowest BCUT2D eigenvalue weighted by Gasteiger charge is -2.27. The molecule has 3 heterocycles. The van der Waals surface area contributed by atoms with Crippen molar-refractivity contribution in [1.82, 2.24) is 20.5 Å². The Bertz CT molecular complexity index is 893. The van der Waals surface area contributed by atoms with Crippen LogP contribution < -0.4 is 10.6 Å². The van der Waals surface area contributed by atoms with Gasteiger partial charge in [-0.1, -0.05) is 24.3 Å². The van der Waals surface area contributed by atoms with E-state index < -0.39 is 0 Å². The molecule has 1 saturated heterocycles. The summed E-state index contributed by atoms with van der Waals surface area (Å²) >= 11 is 1.85. The molecule has 1 aliphatic heterocycles. The lowest BCUT2D eigenvalue weighted by molar-refractivity contribution is 0.249. The number of para-hydroxylation sites is 1. The third-order valence-electron chi connectivity index (χ3n) is 5.50. The van der Waals surface area contributed by atoms with Crippen molar-refractivity contribution in [3.05, 3.63) is 58.4 Å². The molecule has 1 aliphatic rings. The Balaban J connectivity index is 1.31. The smallest absolute Gasteiger partial charge is 0.191 e. The van der Waals surface area contributed by atoms with Crippen LogP contribution in [0.2, 0.25) is 0 Å². The number of aliphatic imine (C=N–C) groups is 1. The molecule has 6 heteroatoms. The number of thiophene rings is 1. The van der Waals surface area contributed by atoms with Gasteiger partial charge in [0.2, 0.25) is 0 Å². The number of fused-ring (bicyclic) bond motifs is 1. The average molecular weight is 396 g/mol. The molecule has 1 unspecified atom stereocenters. The molecule has 0 amide bonds. The molecule has 0 saturated carbocycles. The molecule has 5 nitrogen and oxygen atoms in total. The molecule has 4 rings (SSSR count). The van der Waals surface area contributed by atoms with Crippen molar-refractivity contribution in [2.24, 2.45) is 4.99 Å². The summed E-state index contributed by atoms with van der Waals surface area (Å²) in [6, 6.07) is 13.3. The van der Waals surface area contributed by atoms with Crippen LogP contribution in [0.15, 0.2) is 53.0 Å². The third-order valence-corrected chi connectivity index (χ3v) is 6.47. The Labute approximate surface area is 170 Å². The quantitative estimate of drug-likeness (QED) is 0.422. The number of benzene rings is 1. The Morgan fingerprint density at radius 3 is 2.82 bits per heavy atom. The first kappa shape index (κ1) is 19.0. The largest absolute Gasteiger partial charge is 0.361 e. The summed E-state index contributed by atoms with van der Waals surface area (Å²) in [7, 11) is 1.84. The van der Waals surface area contributed by atoms with E-state index in [2.05, 4.69) is 73.5 Å². The molecular weight excluding hydrogens is 366 g/mol. The summed E-state index contributed by atoms with van der Waals surface area (Å²) in [5, 5.41) is 10.5. The van der Waals surface area contributed by atoms with Gasteiger partial charge in [-0.25, -0.2) is 0 Å². The third kappa shape index (κ3) is 4.39. The molecule has 0 bridgehead atoms. The van der Waals surface area contributed by atoms with Crippen LogP contribution >= 0.6 is 11.3 Å². The van der Waals surface area contributed by atoms with Crippen LogP contribution in [-0.2, 0) is 6.42 Å². The van der Waals surface area contributed by atoms with Crippen LogP contribution in [0.25, 0.3) is 10.9 Å². The van der Waals surface area contributed by atoms with Gasteiger partial charge in [0.15, 0.2) is 5.96 Å². The molecule has 0 aliphatic carbocycles. The first-order valence-electron chi connectivity index (χ1n) is 10.1. The Kier molecular flexibility index (Phi) is 6.29. The van der Waals surface area contributed by atoms with Crippen LogP contribution in [0.3, 0.4) is 0 Å².